The van der Waals surface area contributed by atoms with Crippen LogP contribution in [0.1, 0.15) is 32.1 Å². The molecular formula is C16H23N3O4. The summed E-state index contributed by atoms with van der Waals surface area (Å²) in [5.41, 5.74) is 0. The Balaban J connectivity index is 1.32. The Kier molecular flexibility index (Phi) is 3.85. The molecule has 3 amide bonds. The van der Waals surface area contributed by atoms with E-state index in [0.29, 0.717) is 0 Å². The molecule has 0 aromatic carbocycles. The number of nitrogens with one attached hydrogen (secondary N) is 2. The third-order valence-corrected chi connectivity index (χ3v) is 5.60. The molecule has 2 N–H and O–H groups in total. The maximum absolute atomic E-state index is 12.5. The summed E-state index contributed by atoms with van der Waals surface area (Å²) >= 11 is 0. The standard InChI is InChI=1S/C16H23N3O4/c20-12(18-9-2-1-6-17-8-9)5-7-19-15(21)13-10-3-4-11(23-10)14(13)16(19)22/h9-11,13-14,17H,1-8H2,(H,18,20). The summed E-state index contributed by atoms with van der Waals surface area (Å²) in [7, 11) is 0. The topological polar surface area (TPSA) is 87.7 Å². The van der Waals surface area contributed by atoms with E-state index in [1.54, 1.807) is 0 Å². The van der Waals surface area contributed by atoms with Crippen molar-refractivity contribution in [2.24, 2.45) is 11.8 Å². The fraction of sp³-hybridized carbons (Fsp3) is 0.812. The third kappa shape index (κ3) is 2.55. The summed E-state index contributed by atoms with van der Waals surface area (Å²) in [6.07, 6.45) is 3.78. The van der Waals surface area contributed by atoms with Crippen LogP contribution >= 0.6 is 0 Å². The molecule has 4 heterocycles. The zero-order chi connectivity index (χ0) is 16.0. The van der Waals surface area contributed by atoms with Gasteiger partial charge in [0.15, 0.2) is 0 Å². The summed E-state index contributed by atoms with van der Waals surface area (Å²) in [6, 6.07) is 0.157. The molecule has 4 rings (SSSR count). The van der Waals surface area contributed by atoms with E-state index in [4.69, 9.17) is 4.74 Å². The van der Waals surface area contributed by atoms with E-state index in [9.17, 15) is 14.4 Å². The molecule has 0 aromatic heterocycles. The molecule has 0 saturated carbocycles. The fourth-order valence-electron chi connectivity index (χ4n) is 4.48. The average molecular weight is 321 g/mol. The minimum absolute atomic E-state index is 0.0874. The minimum Gasteiger partial charge on any atom is -0.373 e. The van der Waals surface area contributed by atoms with Crippen LogP contribution in [0.15, 0.2) is 0 Å². The summed E-state index contributed by atoms with van der Waals surface area (Å²) in [5.74, 6) is -0.965. The zero-order valence-corrected chi connectivity index (χ0v) is 13.1. The lowest BCUT2D eigenvalue weighted by molar-refractivity contribution is -0.142. The zero-order valence-electron chi connectivity index (χ0n) is 13.1. The predicted molar refractivity (Wildman–Crippen MR) is 80.2 cm³/mol. The molecule has 4 saturated heterocycles. The van der Waals surface area contributed by atoms with Crippen molar-refractivity contribution in [3.8, 4) is 0 Å². The highest BCUT2D eigenvalue weighted by molar-refractivity contribution is 6.06. The van der Waals surface area contributed by atoms with Gasteiger partial charge in [-0.05, 0) is 32.2 Å². The third-order valence-electron chi connectivity index (χ3n) is 5.60. The summed E-state index contributed by atoms with van der Waals surface area (Å²) in [5, 5.41) is 6.23. The molecule has 0 aromatic rings. The summed E-state index contributed by atoms with van der Waals surface area (Å²) in [6.45, 7) is 1.98. The van der Waals surface area contributed by atoms with Crippen LogP contribution in [-0.2, 0) is 19.1 Å². The number of likely N-dealkylation sites (tertiary alicyclic amines) is 1. The Bertz CT molecular complexity index is 503. The van der Waals surface area contributed by atoms with Crippen molar-refractivity contribution in [1.82, 2.24) is 15.5 Å². The first-order valence-corrected chi connectivity index (χ1v) is 8.66. The van der Waals surface area contributed by atoms with E-state index < -0.39 is 0 Å². The minimum atomic E-state index is -0.299. The fourth-order valence-corrected chi connectivity index (χ4v) is 4.48. The molecule has 4 aliphatic rings. The number of rotatable bonds is 4. The lowest BCUT2D eigenvalue weighted by Crippen LogP contribution is -2.46. The Morgan fingerprint density at radius 2 is 1.87 bits per heavy atom. The SMILES string of the molecule is O=C(CCN1C(=O)C2C3CCC(O3)C2C1=O)NC1CCCNC1. The van der Waals surface area contributed by atoms with Crippen LogP contribution in [0.2, 0.25) is 0 Å². The monoisotopic (exact) mass is 321 g/mol. The molecule has 126 valence electrons. The van der Waals surface area contributed by atoms with Gasteiger partial charge in [0.1, 0.15) is 0 Å². The first-order valence-electron chi connectivity index (χ1n) is 8.66. The van der Waals surface area contributed by atoms with Crippen molar-refractivity contribution in [3.63, 3.8) is 0 Å². The number of carbonyl (C=O) groups excluding carboxylic acids is 3. The number of fused-ring (bicyclic) bond motifs is 5. The molecule has 0 spiro atoms. The second-order valence-corrected chi connectivity index (χ2v) is 7.03. The summed E-state index contributed by atoms with van der Waals surface area (Å²) in [4.78, 5) is 38.3. The van der Waals surface area contributed by atoms with Gasteiger partial charge in [-0.25, -0.2) is 0 Å². The van der Waals surface area contributed by atoms with Gasteiger partial charge < -0.3 is 15.4 Å². The maximum atomic E-state index is 12.5. The molecule has 2 bridgehead atoms. The van der Waals surface area contributed by atoms with Crippen LogP contribution < -0.4 is 10.6 Å². The van der Waals surface area contributed by atoms with Crippen molar-refractivity contribution >= 4 is 17.7 Å². The molecular weight excluding hydrogens is 298 g/mol. The van der Waals surface area contributed by atoms with Gasteiger partial charge in [-0.2, -0.15) is 0 Å². The van der Waals surface area contributed by atoms with E-state index in [1.807, 2.05) is 0 Å². The first kappa shape index (κ1) is 15.1. The van der Waals surface area contributed by atoms with Crippen molar-refractivity contribution in [2.75, 3.05) is 19.6 Å². The lowest BCUT2D eigenvalue weighted by Gasteiger charge is -2.24. The Morgan fingerprint density at radius 3 is 2.48 bits per heavy atom. The number of ether oxygens (including phenoxy) is 1. The van der Waals surface area contributed by atoms with Gasteiger partial charge in [-0.15, -0.1) is 0 Å². The highest BCUT2D eigenvalue weighted by Gasteiger charge is 2.62. The van der Waals surface area contributed by atoms with Crippen LogP contribution in [0.25, 0.3) is 0 Å². The number of piperidine rings is 1. The molecule has 5 atom stereocenters. The molecule has 0 radical (unpaired) electrons. The van der Waals surface area contributed by atoms with Crippen LogP contribution in [0, 0.1) is 11.8 Å². The Hall–Kier alpha value is -1.47. The molecule has 0 aliphatic carbocycles. The molecule has 5 unspecified atom stereocenters. The smallest absolute Gasteiger partial charge is 0.235 e. The van der Waals surface area contributed by atoms with Gasteiger partial charge in [-0.1, -0.05) is 0 Å². The second kappa shape index (κ2) is 5.87. The second-order valence-electron chi connectivity index (χ2n) is 7.03. The van der Waals surface area contributed by atoms with Crippen molar-refractivity contribution < 1.29 is 19.1 Å². The number of hydrogen-bond donors (Lipinski definition) is 2. The number of hydrogen-bond acceptors (Lipinski definition) is 5. The molecule has 23 heavy (non-hydrogen) atoms. The van der Waals surface area contributed by atoms with Gasteiger partial charge in [0.2, 0.25) is 17.7 Å². The van der Waals surface area contributed by atoms with Gasteiger partial charge in [-0.3, -0.25) is 19.3 Å². The first-order chi connectivity index (χ1) is 11.1. The van der Waals surface area contributed by atoms with E-state index in [2.05, 4.69) is 10.6 Å². The Labute approximate surface area is 135 Å². The lowest BCUT2D eigenvalue weighted by atomic mass is 9.81. The largest absolute Gasteiger partial charge is 0.373 e. The van der Waals surface area contributed by atoms with Crippen LogP contribution in [0.5, 0.6) is 0 Å². The number of carbonyl (C=O) groups is 3. The average Bonchev–Trinajstić information content (AvgIpc) is 3.22. The van der Waals surface area contributed by atoms with Gasteiger partial charge >= 0.3 is 0 Å². The van der Waals surface area contributed by atoms with Crippen LogP contribution in [0.3, 0.4) is 0 Å². The van der Waals surface area contributed by atoms with Gasteiger partial charge in [0.25, 0.3) is 0 Å². The number of nitrogens with zero attached hydrogens (tertiary/aromatic N) is 1. The Morgan fingerprint density at radius 1 is 1.17 bits per heavy atom. The van der Waals surface area contributed by atoms with Gasteiger partial charge in [0.05, 0.1) is 24.0 Å². The van der Waals surface area contributed by atoms with Crippen LogP contribution in [0.4, 0.5) is 0 Å². The quantitative estimate of drug-likeness (QED) is 0.676. The van der Waals surface area contributed by atoms with E-state index in [-0.39, 0.29) is 60.8 Å². The molecule has 4 aliphatic heterocycles. The van der Waals surface area contributed by atoms with Crippen LogP contribution in [-0.4, -0.2) is 60.5 Å². The molecule has 7 nitrogen and oxygen atoms in total. The van der Waals surface area contributed by atoms with E-state index in [1.165, 1.54) is 4.90 Å². The van der Waals surface area contributed by atoms with E-state index >= 15 is 0 Å². The molecule has 4 fully saturated rings. The van der Waals surface area contributed by atoms with Crippen molar-refractivity contribution in [2.45, 2.75) is 50.4 Å². The van der Waals surface area contributed by atoms with Crippen molar-refractivity contribution in [3.05, 3.63) is 0 Å². The predicted octanol–water partition coefficient (Wildman–Crippen LogP) is -0.593. The normalized spacial score (nSPS) is 39.0. The summed E-state index contributed by atoms with van der Waals surface area (Å²) < 4.78 is 5.70. The van der Waals surface area contributed by atoms with E-state index in [0.717, 1.165) is 38.8 Å². The van der Waals surface area contributed by atoms with Crippen molar-refractivity contribution in [1.29, 1.82) is 0 Å². The van der Waals surface area contributed by atoms with Gasteiger partial charge in [0, 0.05) is 25.6 Å². The number of amides is 3. The molecule has 7 heteroatoms. The highest BCUT2D eigenvalue weighted by Crippen LogP contribution is 2.48. The number of imide groups is 1. The highest BCUT2D eigenvalue weighted by atomic mass is 16.5. The maximum Gasteiger partial charge on any atom is 0.235 e.